The Kier molecular flexibility index (Phi) is 6.91. The van der Waals surface area contributed by atoms with Crippen molar-refractivity contribution in [2.45, 2.75) is 17.2 Å². The number of halogens is 3. The molecule has 1 aliphatic rings. The zero-order valence-electron chi connectivity index (χ0n) is 20.3. The number of alkyl halides is 2. The number of nitrogens with one attached hydrogen (secondary N) is 2. The molecule has 2 aromatic carbocycles. The van der Waals surface area contributed by atoms with E-state index in [9.17, 15) is 17.2 Å². The molecule has 1 atom stereocenters. The van der Waals surface area contributed by atoms with Gasteiger partial charge >= 0.3 is 12.3 Å². The molecule has 0 radical (unpaired) electrons. The van der Waals surface area contributed by atoms with Crippen molar-refractivity contribution in [1.82, 2.24) is 19.9 Å². The van der Waals surface area contributed by atoms with Crippen LogP contribution in [0.2, 0.25) is 5.02 Å². The van der Waals surface area contributed by atoms with Crippen LogP contribution in [0.1, 0.15) is 17.3 Å². The SMILES string of the molecule is COc1nc(N)nc(Nc2cc(S(N)(=O)=O)ccc2NC(c2cccc3c2OC(F)(F)O3)c2ncccc2Cl)n1. The second kappa shape index (κ2) is 10.2. The Labute approximate surface area is 230 Å². The Morgan fingerprint density at radius 1 is 1.07 bits per heavy atom. The van der Waals surface area contributed by atoms with Crippen LogP contribution in [0.5, 0.6) is 17.5 Å². The summed E-state index contributed by atoms with van der Waals surface area (Å²) in [6.07, 6.45) is -2.42. The highest BCUT2D eigenvalue weighted by molar-refractivity contribution is 7.89. The molecule has 0 saturated carbocycles. The van der Waals surface area contributed by atoms with E-state index in [-0.39, 0.29) is 62.0 Å². The number of hydrogen-bond acceptors (Lipinski definition) is 12. The minimum absolute atomic E-state index is 0.0941. The van der Waals surface area contributed by atoms with E-state index in [0.717, 1.165) is 0 Å². The topological polar surface area (TPSA) is 189 Å². The Balaban J connectivity index is 1.64. The van der Waals surface area contributed by atoms with E-state index in [1.54, 1.807) is 12.1 Å². The number of anilines is 4. The van der Waals surface area contributed by atoms with Crippen LogP contribution in [-0.4, -0.2) is 41.8 Å². The van der Waals surface area contributed by atoms with Gasteiger partial charge in [0.15, 0.2) is 11.5 Å². The molecule has 0 aliphatic carbocycles. The van der Waals surface area contributed by atoms with Crippen molar-refractivity contribution >= 4 is 44.9 Å². The summed E-state index contributed by atoms with van der Waals surface area (Å²) in [6, 6.07) is 10.2. The van der Waals surface area contributed by atoms with Gasteiger partial charge in [-0.05, 0) is 36.4 Å². The number of nitrogens with zero attached hydrogens (tertiary/aromatic N) is 4. The number of hydrogen-bond donors (Lipinski definition) is 4. The van der Waals surface area contributed by atoms with Gasteiger partial charge in [0.25, 0.3) is 0 Å². The maximum Gasteiger partial charge on any atom is 0.586 e. The zero-order valence-corrected chi connectivity index (χ0v) is 21.9. The number of aromatic nitrogens is 4. The van der Waals surface area contributed by atoms with Crippen molar-refractivity contribution in [3.8, 4) is 17.5 Å². The first kappa shape index (κ1) is 27.0. The Morgan fingerprint density at radius 2 is 1.88 bits per heavy atom. The fourth-order valence-electron chi connectivity index (χ4n) is 3.85. The third-order valence-corrected chi connectivity index (χ3v) is 6.74. The molecule has 2 aromatic heterocycles. The summed E-state index contributed by atoms with van der Waals surface area (Å²) in [5, 5.41) is 11.6. The van der Waals surface area contributed by atoms with Gasteiger partial charge in [0, 0.05) is 11.8 Å². The average Bonchev–Trinajstić information content (AvgIpc) is 3.21. The van der Waals surface area contributed by atoms with Gasteiger partial charge in [-0.25, -0.2) is 13.6 Å². The van der Waals surface area contributed by atoms with Crippen LogP contribution < -0.4 is 35.7 Å². The molecule has 17 heteroatoms. The molecule has 3 heterocycles. The Bertz CT molecular complexity index is 1710. The van der Waals surface area contributed by atoms with Crippen LogP contribution in [0.25, 0.3) is 0 Å². The van der Waals surface area contributed by atoms with Gasteiger partial charge in [0.1, 0.15) is 0 Å². The molecule has 4 aromatic rings. The van der Waals surface area contributed by atoms with Gasteiger partial charge in [-0.2, -0.15) is 15.0 Å². The lowest BCUT2D eigenvalue weighted by atomic mass is 10.0. The van der Waals surface area contributed by atoms with Crippen LogP contribution in [0, 0.1) is 0 Å². The lowest BCUT2D eigenvalue weighted by Gasteiger charge is -2.24. The number of rotatable bonds is 8. The van der Waals surface area contributed by atoms with E-state index in [0.29, 0.717) is 0 Å². The minimum atomic E-state index is -4.14. The monoisotopic (exact) mass is 592 g/mol. The maximum absolute atomic E-state index is 14.0. The van der Waals surface area contributed by atoms with Crippen LogP contribution in [0.4, 0.5) is 32.1 Å². The molecule has 208 valence electrons. The summed E-state index contributed by atoms with van der Waals surface area (Å²) < 4.78 is 66.7. The number of nitrogens with two attached hydrogens (primary N) is 2. The van der Waals surface area contributed by atoms with Crippen LogP contribution in [-0.2, 0) is 10.0 Å². The number of benzene rings is 2. The molecule has 1 unspecified atom stereocenters. The average molecular weight is 593 g/mol. The van der Waals surface area contributed by atoms with E-state index in [2.05, 4.69) is 35.3 Å². The molecule has 5 rings (SSSR count). The van der Waals surface area contributed by atoms with Crippen molar-refractivity contribution in [2.75, 3.05) is 23.5 Å². The smallest absolute Gasteiger partial charge is 0.467 e. The standard InChI is InChI=1S/C23H19ClF2N8O5S/c1-37-22-33-20(27)32-21(34-22)31-15-10-11(40(28,35)36)7-8-14(15)30-17(18-13(24)5-3-9-29-18)12-4-2-6-16-19(12)39-23(25,26)38-16/h2-10,17,30H,1H3,(H2,28,35,36)(H3,27,31,32,33,34). The lowest BCUT2D eigenvalue weighted by Crippen LogP contribution is -2.26. The number of pyridine rings is 1. The molecule has 40 heavy (non-hydrogen) atoms. The maximum atomic E-state index is 14.0. The third kappa shape index (κ3) is 5.58. The predicted octanol–water partition coefficient (Wildman–Crippen LogP) is 3.42. The van der Waals surface area contributed by atoms with E-state index >= 15 is 0 Å². The highest BCUT2D eigenvalue weighted by Crippen LogP contribution is 2.47. The molecule has 0 amide bonds. The van der Waals surface area contributed by atoms with Crippen LogP contribution in [0.15, 0.2) is 59.6 Å². The van der Waals surface area contributed by atoms with Crippen molar-refractivity contribution < 1.29 is 31.4 Å². The van der Waals surface area contributed by atoms with Crippen molar-refractivity contribution in [3.63, 3.8) is 0 Å². The van der Waals surface area contributed by atoms with Crippen molar-refractivity contribution in [3.05, 3.63) is 71.0 Å². The van der Waals surface area contributed by atoms with Gasteiger partial charge in [0.05, 0.1) is 40.1 Å². The first-order valence-electron chi connectivity index (χ1n) is 11.2. The summed E-state index contributed by atoms with van der Waals surface area (Å²) in [4.78, 5) is 15.9. The van der Waals surface area contributed by atoms with Gasteiger partial charge in [-0.1, -0.05) is 23.7 Å². The first-order chi connectivity index (χ1) is 18.9. The van der Waals surface area contributed by atoms with Gasteiger partial charge in [-0.3, -0.25) is 4.98 Å². The molecule has 13 nitrogen and oxygen atoms in total. The molecule has 0 spiro atoms. The summed E-state index contributed by atoms with van der Waals surface area (Å²) in [5.74, 6) is -0.708. The van der Waals surface area contributed by atoms with E-state index < -0.39 is 22.4 Å². The summed E-state index contributed by atoms with van der Waals surface area (Å²) in [5.41, 5.74) is 6.50. The molecule has 6 N–H and O–H groups in total. The lowest BCUT2D eigenvalue weighted by molar-refractivity contribution is -0.287. The molecular formula is C23H19ClF2N8O5S. The number of primary sulfonamides is 1. The number of sulfonamides is 1. The number of nitrogen functional groups attached to an aromatic ring is 1. The highest BCUT2D eigenvalue weighted by Gasteiger charge is 2.45. The number of methoxy groups -OCH3 is 1. The normalized spacial score (nSPS) is 14.4. The first-order valence-corrected chi connectivity index (χ1v) is 13.1. The molecule has 0 saturated heterocycles. The van der Waals surface area contributed by atoms with Crippen LogP contribution >= 0.6 is 11.6 Å². The number of ether oxygens (including phenoxy) is 3. The predicted molar refractivity (Wildman–Crippen MR) is 139 cm³/mol. The van der Waals surface area contributed by atoms with Gasteiger partial charge in [-0.15, -0.1) is 8.78 Å². The van der Waals surface area contributed by atoms with Crippen molar-refractivity contribution in [1.29, 1.82) is 0 Å². The largest absolute Gasteiger partial charge is 0.586 e. The van der Waals surface area contributed by atoms with E-state index in [1.165, 1.54) is 49.7 Å². The Morgan fingerprint density at radius 3 is 2.60 bits per heavy atom. The molecular weight excluding hydrogens is 574 g/mol. The number of fused-ring (bicyclic) bond motifs is 1. The third-order valence-electron chi connectivity index (χ3n) is 5.51. The van der Waals surface area contributed by atoms with Crippen LogP contribution in [0.3, 0.4) is 0 Å². The summed E-state index contributed by atoms with van der Waals surface area (Å²) in [6.45, 7) is 0. The van der Waals surface area contributed by atoms with E-state index in [4.69, 9.17) is 31.9 Å². The second-order valence-corrected chi connectivity index (χ2v) is 10.1. The molecule has 0 fully saturated rings. The second-order valence-electron chi connectivity index (χ2n) is 8.17. The molecule has 1 aliphatic heterocycles. The number of para-hydroxylation sites is 1. The fourth-order valence-corrected chi connectivity index (χ4v) is 4.62. The van der Waals surface area contributed by atoms with Gasteiger partial charge < -0.3 is 30.6 Å². The van der Waals surface area contributed by atoms with Gasteiger partial charge in [0.2, 0.25) is 21.9 Å². The zero-order chi connectivity index (χ0) is 28.7. The molecule has 0 bridgehead atoms. The quantitative estimate of drug-likeness (QED) is 0.233. The fraction of sp³-hybridized carbons (Fsp3) is 0.130. The highest BCUT2D eigenvalue weighted by atomic mass is 35.5. The van der Waals surface area contributed by atoms with Crippen molar-refractivity contribution in [2.24, 2.45) is 5.14 Å². The summed E-state index contributed by atoms with van der Waals surface area (Å²) in [7, 11) is -2.82. The minimum Gasteiger partial charge on any atom is -0.467 e. The Hall–Kier alpha value is -4.54. The van der Waals surface area contributed by atoms with E-state index in [1.807, 2.05) is 0 Å². The summed E-state index contributed by atoms with van der Waals surface area (Å²) >= 11 is 6.46.